The van der Waals surface area contributed by atoms with Crippen molar-refractivity contribution in [3.8, 4) is 11.1 Å². The highest BCUT2D eigenvalue weighted by Crippen LogP contribution is 2.43. The predicted molar refractivity (Wildman–Crippen MR) is 158 cm³/mol. The van der Waals surface area contributed by atoms with E-state index in [-0.39, 0.29) is 5.91 Å². The first-order chi connectivity index (χ1) is 18.0. The highest BCUT2D eigenvalue weighted by Gasteiger charge is 2.28. The van der Waals surface area contributed by atoms with Crippen molar-refractivity contribution < 1.29 is 18.3 Å². The van der Waals surface area contributed by atoms with Crippen LogP contribution in [0.1, 0.15) is 83.6 Å². The lowest BCUT2D eigenvalue weighted by molar-refractivity contribution is -0.133. The molecule has 0 radical (unpaired) electrons. The van der Waals surface area contributed by atoms with Gasteiger partial charge in [0, 0.05) is 53.9 Å². The van der Waals surface area contributed by atoms with Crippen molar-refractivity contribution in [1.29, 1.82) is 0 Å². The van der Waals surface area contributed by atoms with Gasteiger partial charge in [-0.2, -0.15) is 0 Å². The van der Waals surface area contributed by atoms with Crippen molar-refractivity contribution in [3.63, 3.8) is 0 Å². The lowest BCUT2D eigenvalue weighted by Crippen LogP contribution is -2.42. The van der Waals surface area contributed by atoms with E-state index in [1.54, 1.807) is 18.4 Å². The third kappa shape index (κ3) is 8.63. The number of rotatable bonds is 12. The summed E-state index contributed by atoms with van der Waals surface area (Å²) in [6.07, 6.45) is 7.57. The summed E-state index contributed by atoms with van der Waals surface area (Å²) in [4.78, 5) is 16.3. The molecule has 1 aromatic heterocycles. The maximum absolute atomic E-state index is 13.2. The first kappa shape index (κ1) is 30.8. The Balaban J connectivity index is 1.84. The van der Waals surface area contributed by atoms with Crippen LogP contribution in [-0.2, 0) is 33.8 Å². The second kappa shape index (κ2) is 14.1. The zero-order valence-electron chi connectivity index (χ0n) is 24.0. The molecule has 2 aromatic rings. The van der Waals surface area contributed by atoms with Crippen LogP contribution in [0.4, 0.5) is 5.00 Å². The quantitative estimate of drug-likeness (QED) is 0.263. The SMILES string of the molecule is COCCN(Cc1ccc(-c2cc(CC(C)C)sc2N(S(=O)[O-])C(C)(C)C)cc1)C(=O)CC1CCCCC1. The van der Waals surface area contributed by atoms with Gasteiger partial charge in [-0.3, -0.25) is 13.3 Å². The molecule has 1 heterocycles. The minimum atomic E-state index is -2.39. The third-order valence-electron chi connectivity index (χ3n) is 7.06. The summed E-state index contributed by atoms with van der Waals surface area (Å²) < 4.78 is 31.4. The van der Waals surface area contributed by atoms with E-state index in [2.05, 4.69) is 44.2 Å². The number of hydrogen-bond donors (Lipinski definition) is 0. The van der Waals surface area contributed by atoms with Crippen LogP contribution in [-0.4, -0.2) is 45.4 Å². The van der Waals surface area contributed by atoms with Gasteiger partial charge in [0.15, 0.2) is 0 Å². The van der Waals surface area contributed by atoms with Gasteiger partial charge in [-0.25, -0.2) is 0 Å². The smallest absolute Gasteiger partial charge is 0.223 e. The first-order valence-corrected chi connectivity index (χ1v) is 15.7. The average Bonchev–Trinajstić information content (AvgIpc) is 3.23. The van der Waals surface area contributed by atoms with Gasteiger partial charge >= 0.3 is 0 Å². The molecule has 0 aliphatic heterocycles. The number of hydrogen-bond acceptors (Lipinski definition) is 5. The van der Waals surface area contributed by atoms with Crippen LogP contribution in [0.3, 0.4) is 0 Å². The van der Waals surface area contributed by atoms with Gasteiger partial charge in [0.2, 0.25) is 5.91 Å². The van der Waals surface area contributed by atoms with Crippen LogP contribution in [0, 0.1) is 11.8 Å². The van der Waals surface area contributed by atoms with E-state index in [9.17, 15) is 13.6 Å². The van der Waals surface area contributed by atoms with E-state index < -0.39 is 16.8 Å². The largest absolute Gasteiger partial charge is 0.755 e. The van der Waals surface area contributed by atoms with Crippen LogP contribution in [0.5, 0.6) is 0 Å². The molecule has 0 spiro atoms. The Morgan fingerprint density at radius 1 is 1.16 bits per heavy atom. The maximum Gasteiger partial charge on any atom is 0.223 e. The summed E-state index contributed by atoms with van der Waals surface area (Å²) >= 11 is -0.838. The lowest BCUT2D eigenvalue weighted by atomic mass is 9.86. The van der Waals surface area contributed by atoms with Crippen molar-refractivity contribution in [2.75, 3.05) is 24.6 Å². The van der Waals surface area contributed by atoms with E-state index in [1.165, 1.54) is 28.4 Å². The fourth-order valence-electron chi connectivity index (χ4n) is 5.16. The highest BCUT2D eigenvalue weighted by atomic mass is 32.2. The normalized spacial score (nSPS) is 15.6. The molecular weight excluding hydrogens is 516 g/mol. The fourth-order valence-corrected chi connectivity index (χ4v) is 7.62. The average molecular weight is 562 g/mol. The number of anilines is 1. The van der Waals surface area contributed by atoms with E-state index in [1.807, 2.05) is 25.7 Å². The van der Waals surface area contributed by atoms with Crippen LogP contribution in [0.15, 0.2) is 30.3 Å². The van der Waals surface area contributed by atoms with Gasteiger partial charge in [-0.15, -0.1) is 11.3 Å². The molecule has 1 aliphatic rings. The Hall–Kier alpha value is -1.74. The number of nitrogens with zero attached hydrogens (tertiary/aromatic N) is 2. The topological polar surface area (TPSA) is 72.9 Å². The van der Waals surface area contributed by atoms with Crippen molar-refractivity contribution in [1.82, 2.24) is 4.90 Å². The number of thiophene rings is 1. The molecule has 38 heavy (non-hydrogen) atoms. The second-order valence-electron chi connectivity index (χ2n) is 11.9. The molecule has 1 unspecified atom stereocenters. The second-order valence-corrected chi connectivity index (χ2v) is 13.8. The fraction of sp³-hybridized carbons (Fsp3) is 0.633. The molecule has 1 saturated carbocycles. The number of ether oxygens (including phenoxy) is 1. The van der Waals surface area contributed by atoms with E-state index in [0.29, 0.717) is 38.0 Å². The van der Waals surface area contributed by atoms with Crippen molar-refractivity contribution in [3.05, 3.63) is 40.8 Å². The summed E-state index contributed by atoms with van der Waals surface area (Å²) in [5.74, 6) is 1.18. The number of benzene rings is 1. The first-order valence-electron chi connectivity index (χ1n) is 13.9. The summed E-state index contributed by atoms with van der Waals surface area (Å²) in [7, 11) is 1.67. The Morgan fingerprint density at radius 2 is 1.82 bits per heavy atom. The number of methoxy groups -OCH3 is 1. The Labute approximate surface area is 236 Å². The van der Waals surface area contributed by atoms with Crippen molar-refractivity contribution in [2.24, 2.45) is 11.8 Å². The van der Waals surface area contributed by atoms with Gasteiger partial charge in [0.1, 0.15) is 5.00 Å². The molecule has 0 bridgehead atoms. The molecular formula is C30H45N2O4S2-. The molecule has 1 aromatic carbocycles. The minimum Gasteiger partial charge on any atom is -0.755 e. The molecule has 1 atom stereocenters. The van der Waals surface area contributed by atoms with E-state index >= 15 is 0 Å². The molecule has 212 valence electrons. The van der Waals surface area contributed by atoms with Gasteiger partial charge in [0.25, 0.3) is 0 Å². The van der Waals surface area contributed by atoms with E-state index in [4.69, 9.17) is 4.74 Å². The molecule has 1 fully saturated rings. The van der Waals surface area contributed by atoms with Crippen LogP contribution >= 0.6 is 11.3 Å². The van der Waals surface area contributed by atoms with Crippen LogP contribution < -0.4 is 4.31 Å². The Morgan fingerprint density at radius 3 is 2.37 bits per heavy atom. The number of carbonyl (C=O) groups excluding carboxylic acids is 1. The van der Waals surface area contributed by atoms with Crippen LogP contribution in [0.25, 0.3) is 11.1 Å². The Bertz CT molecular complexity index is 1050. The standard InChI is InChI=1S/C30H46N2O4S2/c1-22(2)18-26-20-27(29(37-26)32(38(34)35)30(3,4)5)25-14-12-24(13-15-25)21-31(16-17-36-6)28(33)19-23-10-8-7-9-11-23/h12-15,20,22-23H,7-11,16-19,21H2,1-6H3,(H,34,35)/p-1. The summed E-state index contributed by atoms with van der Waals surface area (Å²) in [6, 6.07) is 10.4. The lowest BCUT2D eigenvalue weighted by Gasteiger charge is -2.38. The van der Waals surface area contributed by atoms with Gasteiger partial charge < -0.3 is 14.2 Å². The minimum absolute atomic E-state index is 0.204. The molecule has 3 rings (SSSR count). The third-order valence-corrected chi connectivity index (χ3v) is 9.35. The van der Waals surface area contributed by atoms with Gasteiger partial charge in [-0.05, 0) is 69.1 Å². The molecule has 8 heteroatoms. The monoisotopic (exact) mass is 561 g/mol. The van der Waals surface area contributed by atoms with Crippen LogP contribution in [0.2, 0.25) is 0 Å². The zero-order valence-corrected chi connectivity index (χ0v) is 25.6. The highest BCUT2D eigenvalue weighted by molar-refractivity contribution is 7.81. The number of amides is 1. The maximum atomic E-state index is 13.2. The summed E-state index contributed by atoms with van der Waals surface area (Å²) in [5.41, 5.74) is 2.38. The molecule has 1 amide bonds. The summed E-state index contributed by atoms with van der Waals surface area (Å²) in [5, 5.41) is 0.749. The van der Waals surface area contributed by atoms with Crippen molar-refractivity contribution >= 4 is 33.5 Å². The number of carbonyl (C=O) groups is 1. The van der Waals surface area contributed by atoms with Gasteiger partial charge in [0.05, 0.1) is 6.61 Å². The molecule has 6 nitrogen and oxygen atoms in total. The molecule has 1 aliphatic carbocycles. The molecule has 0 N–H and O–H groups in total. The van der Waals surface area contributed by atoms with E-state index in [0.717, 1.165) is 41.0 Å². The predicted octanol–water partition coefficient (Wildman–Crippen LogP) is 6.96. The zero-order chi connectivity index (χ0) is 27.9. The van der Waals surface area contributed by atoms with Gasteiger partial charge in [-0.1, -0.05) is 57.4 Å². The molecule has 0 saturated heterocycles. The van der Waals surface area contributed by atoms with Crippen molar-refractivity contribution in [2.45, 2.75) is 91.6 Å². The Kier molecular flexibility index (Phi) is 11.4. The summed E-state index contributed by atoms with van der Waals surface area (Å²) in [6.45, 7) is 11.7.